The summed E-state index contributed by atoms with van der Waals surface area (Å²) in [5, 5.41) is 7.28. The lowest BCUT2D eigenvalue weighted by Crippen LogP contribution is -2.43. The fraction of sp³-hybridized carbons (Fsp3) is 0.385. The number of aromatic nitrogens is 3. The van der Waals surface area contributed by atoms with Crippen LogP contribution in [0, 0.1) is 0 Å². The molecule has 1 aliphatic heterocycles. The smallest absolute Gasteiger partial charge is 0.245 e. The summed E-state index contributed by atoms with van der Waals surface area (Å²) in [6.45, 7) is 1.83. The number of nitrogens with zero attached hydrogens (tertiary/aromatic N) is 3. The highest BCUT2D eigenvalue weighted by Crippen LogP contribution is 2.19. The Kier molecular flexibility index (Phi) is 2.98. The first-order valence-electron chi connectivity index (χ1n) is 6.31. The summed E-state index contributed by atoms with van der Waals surface area (Å²) in [4.78, 5) is 6.69. The molecule has 0 amide bonds. The summed E-state index contributed by atoms with van der Waals surface area (Å²) in [5.74, 6) is 1.56. The number of nitrogens with two attached hydrogens (primary N) is 1. The van der Waals surface area contributed by atoms with E-state index in [1.807, 2.05) is 30.3 Å². The van der Waals surface area contributed by atoms with E-state index in [1.54, 1.807) is 0 Å². The van der Waals surface area contributed by atoms with Crippen LogP contribution in [-0.2, 0) is 0 Å². The summed E-state index contributed by atoms with van der Waals surface area (Å²) in [6, 6.07) is 10.3. The van der Waals surface area contributed by atoms with E-state index in [1.165, 1.54) is 0 Å². The summed E-state index contributed by atoms with van der Waals surface area (Å²) >= 11 is 0. The summed E-state index contributed by atoms with van der Waals surface area (Å²) < 4.78 is 0. The van der Waals surface area contributed by atoms with Crippen LogP contribution in [0.15, 0.2) is 30.3 Å². The zero-order chi connectivity index (χ0) is 12.4. The van der Waals surface area contributed by atoms with Crippen LogP contribution in [0.4, 0.5) is 5.95 Å². The quantitative estimate of drug-likeness (QED) is 0.836. The molecule has 0 aliphatic carbocycles. The van der Waals surface area contributed by atoms with E-state index in [4.69, 9.17) is 5.73 Å². The molecule has 0 radical (unpaired) electrons. The van der Waals surface area contributed by atoms with Crippen molar-refractivity contribution in [1.29, 1.82) is 0 Å². The second-order valence-corrected chi connectivity index (χ2v) is 4.70. The second-order valence-electron chi connectivity index (χ2n) is 4.70. The van der Waals surface area contributed by atoms with Gasteiger partial charge in [-0.05, 0) is 12.8 Å². The number of piperidine rings is 1. The van der Waals surface area contributed by atoms with E-state index in [0.29, 0.717) is 0 Å². The van der Waals surface area contributed by atoms with E-state index >= 15 is 0 Å². The second kappa shape index (κ2) is 4.78. The third-order valence-electron chi connectivity index (χ3n) is 3.26. The van der Waals surface area contributed by atoms with Crippen molar-refractivity contribution in [2.45, 2.75) is 18.9 Å². The largest absolute Gasteiger partial charge is 0.338 e. The van der Waals surface area contributed by atoms with Crippen LogP contribution in [0.25, 0.3) is 11.4 Å². The number of aromatic amines is 1. The summed E-state index contributed by atoms with van der Waals surface area (Å²) in [6.07, 6.45) is 2.20. The highest BCUT2D eigenvalue weighted by molar-refractivity contribution is 5.56. The van der Waals surface area contributed by atoms with Gasteiger partial charge in [0.1, 0.15) is 0 Å². The van der Waals surface area contributed by atoms with Crippen LogP contribution in [-0.4, -0.2) is 34.3 Å². The fourth-order valence-corrected chi connectivity index (χ4v) is 2.31. The zero-order valence-electron chi connectivity index (χ0n) is 10.2. The molecule has 1 saturated heterocycles. The number of H-pyrrole nitrogens is 1. The van der Waals surface area contributed by atoms with Crippen LogP contribution in [0.2, 0.25) is 0 Å². The molecule has 1 unspecified atom stereocenters. The number of benzene rings is 1. The molecule has 2 aromatic rings. The molecule has 3 rings (SSSR count). The molecule has 2 heterocycles. The monoisotopic (exact) mass is 243 g/mol. The number of hydrogen-bond donors (Lipinski definition) is 2. The molecule has 18 heavy (non-hydrogen) atoms. The summed E-state index contributed by atoms with van der Waals surface area (Å²) in [7, 11) is 0. The molecule has 3 N–H and O–H groups in total. The van der Waals surface area contributed by atoms with E-state index in [-0.39, 0.29) is 6.04 Å². The predicted molar refractivity (Wildman–Crippen MR) is 71.2 cm³/mol. The van der Waals surface area contributed by atoms with Crippen molar-refractivity contribution in [2.24, 2.45) is 5.73 Å². The molecule has 1 aliphatic rings. The number of rotatable bonds is 2. The first kappa shape index (κ1) is 11.2. The Morgan fingerprint density at radius 3 is 2.89 bits per heavy atom. The highest BCUT2D eigenvalue weighted by Gasteiger charge is 2.20. The molecule has 0 bridgehead atoms. The molecule has 0 spiro atoms. The Morgan fingerprint density at radius 1 is 1.28 bits per heavy atom. The molecule has 5 nitrogen and oxygen atoms in total. The van der Waals surface area contributed by atoms with Crippen LogP contribution in [0.1, 0.15) is 12.8 Å². The third-order valence-corrected chi connectivity index (χ3v) is 3.26. The first-order valence-corrected chi connectivity index (χ1v) is 6.31. The van der Waals surface area contributed by atoms with Crippen molar-refractivity contribution in [2.75, 3.05) is 18.0 Å². The maximum Gasteiger partial charge on any atom is 0.245 e. The van der Waals surface area contributed by atoms with Gasteiger partial charge in [-0.2, -0.15) is 4.98 Å². The van der Waals surface area contributed by atoms with E-state index in [9.17, 15) is 0 Å². The van der Waals surface area contributed by atoms with Crippen LogP contribution < -0.4 is 10.6 Å². The van der Waals surface area contributed by atoms with Crippen molar-refractivity contribution in [1.82, 2.24) is 15.2 Å². The lowest BCUT2D eigenvalue weighted by Gasteiger charge is -2.29. The Bertz CT molecular complexity index is 507. The SMILES string of the molecule is NC1CCCN(c2n[nH]c(-c3ccccc3)n2)C1. The minimum atomic E-state index is 0.234. The molecular weight excluding hydrogens is 226 g/mol. The fourth-order valence-electron chi connectivity index (χ4n) is 2.31. The maximum atomic E-state index is 5.97. The first-order chi connectivity index (χ1) is 8.83. The molecular formula is C13H17N5. The minimum Gasteiger partial charge on any atom is -0.338 e. The molecule has 94 valence electrons. The van der Waals surface area contributed by atoms with Crippen LogP contribution in [0.5, 0.6) is 0 Å². The molecule has 1 aromatic carbocycles. The van der Waals surface area contributed by atoms with Crippen molar-refractivity contribution >= 4 is 5.95 Å². The number of anilines is 1. The van der Waals surface area contributed by atoms with Gasteiger partial charge < -0.3 is 10.6 Å². The Balaban J connectivity index is 1.81. The van der Waals surface area contributed by atoms with Gasteiger partial charge in [0, 0.05) is 24.7 Å². The van der Waals surface area contributed by atoms with Gasteiger partial charge in [0.25, 0.3) is 0 Å². The number of nitrogens with one attached hydrogen (secondary N) is 1. The minimum absolute atomic E-state index is 0.234. The van der Waals surface area contributed by atoms with Crippen molar-refractivity contribution in [3.05, 3.63) is 30.3 Å². The maximum absolute atomic E-state index is 5.97. The molecule has 1 atom stereocenters. The van der Waals surface area contributed by atoms with Crippen molar-refractivity contribution in [3.8, 4) is 11.4 Å². The average Bonchev–Trinajstić information content (AvgIpc) is 2.89. The van der Waals surface area contributed by atoms with Gasteiger partial charge in [0.15, 0.2) is 5.82 Å². The van der Waals surface area contributed by atoms with Gasteiger partial charge in [0.2, 0.25) is 5.95 Å². The average molecular weight is 243 g/mol. The predicted octanol–water partition coefficient (Wildman–Crippen LogP) is 1.40. The Hall–Kier alpha value is -1.88. The highest BCUT2D eigenvalue weighted by atomic mass is 15.4. The molecule has 1 aromatic heterocycles. The number of hydrogen-bond acceptors (Lipinski definition) is 4. The van der Waals surface area contributed by atoms with E-state index < -0.39 is 0 Å². The van der Waals surface area contributed by atoms with E-state index in [2.05, 4.69) is 20.1 Å². The normalized spacial score (nSPS) is 20.1. The lowest BCUT2D eigenvalue weighted by atomic mass is 10.1. The van der Waals surface area contributed by atoms with Gasteiger partial charge in [-0.15, -0.1) is 5.10 Å². The molecule has 0 saturated carbocycles. The topological polar surface area (TPSA) is 70.8 Å². The molecule has 1 fully saturated rings. The standard InChI is InChI=1S/C13H17N5/c14-11-7-4-8-18(9-11)13-15-12(16-17-13)10-5-2-1-3-6-10/h1-3,5-6,11H,4,7-9,14H2,(H,15,16,17). The summed E-state index contributed by atoms with van der Waals surface area (Å²) in [5.41, 5.74) is 7.03. The van der Waals surface area contributed by atoms with Crippen LogP contribution in [0.3, 0.4) is 0 Å². The van der Waals surface area contributed by atoms with Gasteiger partial charge in [-0.1, -0.05) is 30.3 Å². The van der Waals surface area contributed by atoms with Crippen molar-refractivity contribution in [3.63, 3.8) is 0 Å². The van der Waals surface area contributed by atoms with Gasteiger partial charge >= 0.3 is 0 Å². The third kappa shape index (κ3) is 2.22. The molecule has 5 heteroatoms. The van der Waals surface area contributed by atoms with E-state index in [0.717, 1.165) is 43.3 Å². The van der Waals surface area contributed by atoms with Crippen LogP contribution >= 0.6 is 0 Å². The van der Waals surface area contributed by atoms with Crippen molar-refractivity contribution < 1.29 is 0 Å². The van der Waals surface area contributed by atoms with Gasteiger partial charge in [-0.25, -0.2) is 0 Å². The lowest BCUT2D eigenvalue weighted by molar-refractivity contribution is 0.500. The Labute approximate surface area is 106 Å². The van der Waals surface area contributed by atoms with Gasteiger partial charge in [0.05, 0.1) is 0 Å². The Morgan fingerprint density at radius 2 is 2.11 bits per heavy atom. The zero-order valence-corrected chi connectivity index (χ0v) is 10.2. The van der Waals surface area contributed by atoms with Gasteiger partial charge in [-0.3, -0.25) is 5.10 Å².